The third-order valence-electron chi connectivity index (χ3n) is 3.28. The van der Waals surface area contributed by atoms with Crippen molar-refractivity contribution in [3.8, 4) is 0 Å². The smallest absolute Gasteiger partial charge is 0.335 e. The molecule has 2 rings (SSSR count). The summed E-state index contributed by atoms with van der Waals surface area (Å²) in [5.41, 5.74) is 1.05. The number of amides is 1. The Balaban J connectivity index is 1.91. The highest BCUT2D eigenvalue weighted by atomic mass is 16.4. The number of rotatable bonds is 4. The van der Waals surface area contributed by atoms with Crippen LogP contribution in [-0.2, 0) is 11.3 Å². The van der Waals surface area contributed by atoms with Crippen LogP contribution in [0.3, 0.4) is 0 Å². The number of carboxylic acids is 1. The molecule has 0 fully saturated rings. The number of nitrogens with one attached hydrogen (secondary N) is 1. The molecule has 19 heavy (non-hydrogen) atoms. The van der Waals surface area contributed by atoms with E-state index in [1.807, 2.05) is 12.1 Å². The van der Waals surface area contributed by atoms with Gasteiger partial charge in [0.15, 0.2) is 0 Å². The number of carbonyl (C=O) groups is 2. The summed E-state index contributed by atoms with van der Waals surface area (Å²) in [5, 5.41) is 11.8. The van der Waals surface area contributed by atoms with Crippen molar-refractivity contribution in [2.45, 2.75) is 25.8 Å². The molecule has 0 saturated carbocycles. The molecule has 0 aliphatic heterocycles. The Morgan fingerprint density at radius 3 is 2.84 bits per heavy atom. The summed E-state index contributed by atoms with van der Waals surface area (Å²) in [6.45, 7) is 0.375. The number of benzene rings is 1. The first-order valence-corrected chi connectivity index (χ1v) is 6.42. The lowest BCUT2D eigenvalue weighted by Crippen LogP contribution is -2.30. The number of carboxylic acid groups (broad SMARTS) is 1. The summed E-state index contributed by atoms with van der Waals surface area (Å²) < 4.78 is 0. The van der Waals surface area contributed by atoms with Crippen molar-refractivity contribution < 1.29 is 14.7 Å². The maximum atomic E-state index is 11.9. The zero-order valence-corrected chi connectivity index (χ0v) is 10.6. The molecule has 100 valence electrons. The van der Waals surface area contributed by atoms with Crippen LogP contribution in [0.4, 0.5) is 0 Å². The maximum Gasteiger partial charge on any atom is 0.335 e. The fraction of sp³-hybridized carbons (Fsp3) is 0.333. The van der Waals surface area contributed by atoms with Gasteiger partial charge in [0.1, 0.15) is 0 Å². The monoisotopic (exact) mass is 259 g/mol. The van der Waals surface area contributed by atoms with Gasteiger partial charge in [-0.3, -0.25) is 4.79 Å². The minimum absolute atomic E-state index is 0.0464. The Kier molecular flexibility index (Phi) is 4.34. The summed E-state index contributed by atoms with van der Waals surface area (Å²) >= 11 is 0. The fourth-order valence-electron chi connectivity index (χ4n) is 2.18. The highest BCUT2D eigenvalue weighted by Crippen LogP contribution is 2.18. The SMILES string of the molecule is O=C(O)c1cccc(CNC(=O)C2CC=CCC2)c1. The number of hydrogen-bond acceptors (Lipinski definition) is 2. The van der Waals surface area contributed by atoms with E-state index in [1.54, 1.807) is 18.2 Å². The Labute approximate surface area is 112 Å². The molecule has 2 N–H and O–H groups in total. The Hall–Kier alpha value is -2.10. The van der Waals surface area contributed by atoms with Gasteiger partial charge in [0.2, 0.25) is 5.91 Å². The average Bonchev–Trinajstić information content (AvgIpc) is 2.46. The normalized spacial score (nSPS) is 18.0. The number of carbonyl (C=O) groups excluding carboxylic acids is 1. The third-order valence-corrected chi connectivity index (χ3v) is 3.28. The van der Waals surface area contributed by atoms with Crippen molar-refractivity contribution >= 4 is 11.9 Å². The van der Waals surface area contributed by atoms with E-state index in [0.29, 0.717) is 6.54 Å². The summed E-state index contributed by atoms with van der Waals surface area (Å²) in [6, 6.07) is 6.63. The molecule has 0 saturated heterocycles. The van der Waals surface area contributed by atoms with E-state index in [0.717, 1.165) is 24.8 Å². The van der Waals surface area contributed by atoms with Crippen LogP contribution in [0.25, 0.3) is 0 Å². The van der Waals surface area contributed by atoms with Gasteiger partial charge in [-0.25, -0.2) is 4.79 Å². The van der Waals surface area contributed by atoms with E-state index in [2.05, 4.69) is 11.4 Å². The fourth-order valence-corrected chi connectivity index (χ4v) is 2.18. The van der Waals surface area contributed by atoms with Crippen LogP contribution in [-0.4, -0.2) is 17.0 Å². The molecule has 1 aliphatic rings. The molecule has 1 aliphatic carbocycles. The van der Waals surface area contributed by atoms with Crippen molar-refractivity contribution in [3.63, 3.8) is 0 Å². The van der Waals surface area contributed by atoms with E-state index in [4.69, 9.17) is 5.11 Å². The Bertz CT molecular complexity index is 508. The van der Waals surface area contributed by atoms with Crippen molar-refractivity contribution in [1.29, 1.82) is 0 Å². The molecular formula is C15H17NO3. The van der Waals surface area contributed by atoms with Gasteiger partial charge in [0.05, 0.1) is 5.56 Å². The summed E-state index contributed by atoms with van der Waals surface area (Å²) in [7, 11) is 0. The van der Waals surface area contributed by atoms with Gasteiger partial charge in [-0.15, -0.1) is 0 Å². The second-order valence-electron chi connectivity index (χ2n) is 4.70. The van der Waals surface area contributed by atoms with Crippen LogP contribution >= 0.6 is 0 Å². The van der Waals surface area contributed by atoms with Crippen molar-refractivity contribution in [2.75, 3.05) is 0 Å². The Morgan fingerprint density at radius 1 is 1.32 bits per heavy atom. The van der Waals surface area contributed by atoms with Gasteiger partial charge in [0, 0.05) is 12.5 Å². The first-order chi connectivity index (χ1) is 9.16. The zero-order chi connectivity index (χ0) is 13.7. The lowest BCUT2D eigenvalue weighted by atomic mass is 9.93. The molecule has 0 bridgehead atoms. The predicted octanol–water partition coefficient (Wildman–Crippen LogP) is 2.36. The van der Waals surface area contributed by atoms with Gasteiger partial charge >= 0.3 is 5.97 Å². The maximum absolute atomic E-state index is 11.9. The molecule has 4 heteroatoms. The van der Waals surface area contributed by atoms with Crippen molar-refractivity contribution in [3.05, 3.63) is 47.5 Å². The number of aromatic carboxylic acids is 1. The second-order valence-corrected chi connectivity index (χ2v) is 4.70. The van der Waals surface area contributed by atoms with Gasteiger partial charge in [-0.05, 0) is 37.0 Å². The van der Waals surface area contributed by atoms with Crippen molar-refractivity contribution in [2.24, 2.45) is 5.92 Å². The van der Waals surface area contributed by atoms with E-state index in [9.17, 15) is 9.59 Å². The van der Waals surface area contributed by atoms with Gasteiger partial charge in [0.25, 0.3) is 0 Å². The Morgan fingerprint density at radius 2 is 2.16 bits per heavy atom. The molecule has 0 aromatic heterocycles. The standard InChI is InChI=1S/C15H17NO3/c17-14(12-6-2-1-3-7-12)16-10-11-5-4-8-13(9-11)15(18)19/h1-2,4-5,8-9,12H,3,6-7,10H2,(H,16,17)(H,18,19). The lowest BCUT2D eigenvalue weighted by molar-refractivity contribution is -0.125. The lowest BCUT2D eigenvalue weighted by Gasteiger charge is -2.17. The molecule has 1 atom stereocenters. The largest absolute Gasteiger partial charge is 0.478 e. The van der Waals surface area contributed by atoms with Gasteiger partial charge in [-0.2, -0.15) is 0 Å². The van der Waals surface area contributed by atoms with Crippen LogP contribution in [0.5, 0.6) is 0 Å². The van der Waals surface area contributed by atoms with Crippen LogP contribution < -0.4 is 5.32 Å². The molecule has 1 unspecified atom stereocenters. The topological polar surface area (TPSA) is 66.4 Å². The van der Waals surface area contributed by atoms with Gasteiger partial charge in [-0.1, -0.05) is 24.3 Å². The average molecular weight is 259 g/mol. The first kappa shape index (κ1) is 13.3. The molecule has 1 aromatic carbocycles. The summed E-state index contributed by atoms with van der Waals surface area (Å²) in [6.07, 6.45) is 6.77. The van der Waals surface area contributed by atoms with Crippen LogP contribution in [0.1, 0.15) is 35.2 Å². The quantitative estimate of drug-likeness (QED) is 0.816. The molecule has 0 heterocycles. The summed E-state index contributed by atoms with van der Waals surface area (Å²) in [4.78, 5) is 22.8. The highest BCUT2D eigenvalue weighted by Gasteiger charge is 2.18. The van der Waals surface area contributed by atoms with E-state index < -0.39 is 5.97 Å². The number of allylic oxidation sites excluding steroid dienone is 2. The van der Waals surface area contributed by atoms with E-state index in [-0.39, 0.29) is 17.4 Å². The second kappa shape index (κ2) is 6.18. The molecular weight excluding hydrogens is 242 g/mol. The van der Waals surface area contributed by atoms with Crippen molar-refractivity contribution in [1.82, 2.24) is 5.32 Å². The van der Waals surface area contributed by atoms with Gasteiger partial charge < -0.3 is 10.4 Å². The zero-order valence-electron chi connectivity index (χ0n) is 10.6. The minimum atomic E-state index is -0.953. The molecule has 1 amide bonds. The molecule has 4 nitrogen and oxygen atoms in total. The van der Waals surface area contributed by atoms with E-state index in [1.165, 1.54) is 0 Å². The van der Waals surface area contributed by atoms with Crippen LogP contribution in [0, 0.1) is 5.92 Å². The molecule has 0 radical (unpaired) electrons. The molecule has 1 aromatic rings. The van der Waals surface area contributed by atoms with Crippen LogP contribution in [0.2, 0.25) is 0 Å². The number of hydrogen-bond donors (Lipinski definition) is 2. The van der Waals surface area contributed by atoms with Crippen LogP contribution in [0.15, 0.2) is 36.4 Å². The minimum Gasteiger partial charge on any atom is -0.478 e. The first-order valence-electron chi connectivity index (χ1n) is 6.42. The van der Waals surface area contributed by atoms with E-state index >= 15 is 0 Å². The highest BCUT2D eigenvalue weighted by molar-refractivity contribution is 5.87. The third kappa shape index (κ3) is 3.68. The molecule has 0 spiro atoms. The predicted molar refractivity (Wildman–Crippen MR) is 71.7 cm³/mol. The summed E-state index contributed by atoms with van der Waals surface area (Å²) in [5.74, 6) is -0.858.